The Bertz CT molecular complexity index is 627. The molecular weight excluding hydrogens is 321 g/mol. The van der Waals surface area contributed by atoms with E-state index in [2.05, 4.69) is 36.5 Å². The van der Waals surface area contributed by atoms with Gasteiger partial charge in [0.2, 0.25) is 0 Å². The normalized spacial score (nSPS) is 19.1. The first-order chi connectivity index (χ1) is 10.1. The van der Waals surface area contributed by atoms with Crippen molar-refractivity contribution in [1.29, 1.82) is 0 Å². The van der Waals surface area contributed by atoms with Crippen LogP contribution in [0.1, 0.15) is 36.6 Å². The van der Waals surface area contributed by atoms with Crippen molar-refractivity contribution in [2.75, 3.05) is 5.75 Å². The number of fused-ring (bicyclic) bond motifs is 1. The summed E-state index contributed by atoms with van der Waals surface area (Å²) in [5, 5.41) is 5.31. The van der Waals surface area contributed by atoms with Crippen molar-refractivity contribution in [2.45, 2.75) is 30.3 Å². The Hall–Kier alpha value is -0.670. The molecule has 4 heteroatoms. The van der Waals surface area contributed by atoms with E-state index in [0.717, 1.165) is 22.2 Å². The molecule has 0 amide bonds. The van der Waals surface area contributed by atoms with Crippen molar-refractivity contribution in [3.05, 3.63) is 63.6 Å². The summed E-state index contributed by atoms with van der Waals surface area (Å²) in [6.07, 6.45) is 1.12. The van der Waals surface area contributed by atoms with E-state index in [9.17, 15) is 0 Å². The maximum atomic E-state index is 6.16. The number of thioether (sulfide) groups is 1. The van der Waals surface area contributed by atoms with E-state index in [1.165, 1.54) is 16.0 Å². The van der Waals surface area contributed by atoms with Gasteiger partial charge in [0, 0.05) is 27.0 Å². The Morgan fingerprint density at radius 1 is 1.10 bits per heavy atom. The Labute approximate surface area is 140 Å². The van der Waals surface area contributed by atoms with Gasteiger partial charge in [-0.3, -0.25) is 0 Å². The standard InChI is InChI=1S/C17H17Cl2NS/c1-11(12-2-4-13(18)5-3-12)20-16-8-9-21-17-7-6-14(19)10-15(16)17/h2-7,10-11,16,20H,8-9H2,1H3/t11-,16?/m1/s1. The van der Waals surface area contributed by atoms with Gasteiger partial charge in [-0.1, -0.05) is 35.3 Å². The van der Waals surface area contributed by atoms with E-state index in [4.69, 9.17) is 23.2 Å². The van der Waals surface area contributed by atoms with Gasteiger partial charge in [0.15, 0.2) is 0 Å². The maximum absolute atomic E-state index is 6.16. The Kier molecular flexibility index (Phi) is 4.80. The first-order valence-corrected chi connectivity index (χ1v) is 8.81. The number of hydrogen-bond donors (Lipinski definition) is 1. The lowest BCUT2D eigenvalue weighted by Crippen LogP contribution is -2.27. The lowest BCUT2D eigenvalue weighted by Gasteiger charge is -2.29. The predicted octanol–water partition coefficient (Wildman–Crippen LogP) is 5.88. The van der Waals surface area contributed by atoms with Gasteiger partial charge in [-0.2, -0.15) is 0 Å². The molecule has 21 heavy (non-hydrogen) atoms. The molecule has 2 aromatic carbocycles. The van der Waals surface area contributed by atoms with Crippen molar-refractivity contribution in [3.8, 4) is 0 Å². The van der Waals surface area contributed by atoms with Crippen molar-refractivity contribution >= 4 is 35.0 Å². The highest BCUT2D eigenvalue weighted by Crippen LogP contribution is 2.38. The molecule has 1 heterocycles. The molecule has 0 fully saturated rings. The molecule has 3 rings (SSSR count). The van der Waals surface area contributed by atoms with Crippen LogP contribution in [0.25, 0.3) is 0 Å². The first-order valence-electron chi connectivity index (χ1n) is 7.07. The molecule has 110 valence electrons. The summed E-state index contributed by atoms with van der Waals surface area (Å²) in [6, 6.07) is 14.9. The van der Waals surface area contributed by atoms with Crippen LogP contribution in [-0.2, 0) is 0 Å². The van der Waals surface area contributed by atoms with Gasteiger partial charge in [0.1, 0.15) is 0 Å². The fourth-order valence-electron chi connectivity index (χ4n) is 2.69. The van der Waals surface area contributed by atoms with Crippen molar-refractivity contribution < 1.29 is 0 Å². The number of nitrogens with one attached hydrogen (secondary N) is 1. The summed E-state index contributed by atoms with van der Waals surface area (Å²) in [6.45, 7) is 2.19. The van der Waals surface area contributed by atoms with Crippen LogP contribution in [0, 0.1) is 0 Å². The summed E-state index contributed by atoms with van der Waals surface area (Å²) in [7, 11) is 0. The lowest BCUT2D eigenvalue weighted by molar-refractivity contribution is 0.450. The van der Waals surface area contributed by atoms with Crippen LogP contribution in [0.3, 0.4) is 0 Å². The van der Waals surface area contributed by atoms with Crippen LogP contribution in [0.5, 0.6) is 0 Å². The number of rotatable bonds is 3. The molecule has 0 saturated carbocycles. The van der Waals surface area contributed by atoms with Crippen LogP contribution in [0.15, 0.2) is 47.4 Å². The number of benzene rings is 2. The molecule has 1 nitrogen and oxygen atoms in total. The fourth-order valence-corrected chi connectivity index (χ4v) is 4.10. The third kappa shape index (κ3) is 3.57. The highest BCUT2D eigenvalue weighted by Gasteiger charge is 2.22. The first kappa shape index (κ1) is 15.2. The van der Waals surface area contributed by atoms with Crippen molar-refractivity contribution in [3.63, 3.8) is 0 Å². The molecule has 0 aliphatic carbocycles. The molecular formula is C17H17Cl2NS. The molecule has 0 radical (unpaired) electrons. The van der Waals surface area contributed by atoms with Crippen LogP contribution < -0.4 is 5.32 Å². The monoisotopic (exact) mass is 337 g/mol. The van der Waals surface area contributed by atoms with E-state index < -0.39 is 0 Å². The summed E-state index contributed by atoms with van der Waals surface area (Å²) < 4.78 is 0. The largest absolute Gasteiger partial charge is 0.303 e. The quantitative estimate of drug-likeness (QED) is 0.750. The van der Waals surface area contributed by atoms with Crippen molar-refractivity contribution in [1.82, 2.24) is 5.32 Å². The van der Waals surface area contributed by atoms with Crippen LogP contribution in [0.2, 0.25) is 10.0 Å². The third-order valence-corrected chi connectivity index (χ3v) is 5.44. The molecule has 1 unspecified atom stereocenters. The third-order valence-electron chi connectivity index (χ3n) is 3.83. The van der Waals surface area contributed by atoms with E-state index in [0.29, 0.717) is 6.04 Å². The molecule has 0 bridgehead atoms. The minimum absolute atomic E-state index is 0.280. The highest BCUT2D eigenvalue weighted by molar-refractivity contribution is 7.99. The van der Waals surface area contributed by atoms with E-state index in [1.54, 1.807) is 0 Å². The van der Waals surface area contributed by atoms with Crippen molar-refractivity contribution in [2.24, 2.45) is 0 Å². The fraction of sp³-hybridized carbons (Fsp3) is 0.294. The zero-order valence-corrected chi connectivity index (χ0v) is 14.1. The smallest absolute Gasteiger partial charge is 0.0410 e. The molecule has 2 atom stereocenters. The number of halogens is 2. The molecule has 0 saturated heterocycles. The zero-order valence-electron chi connectivity index (χ0n) is 11.8. The van der Waals surface area contributed by atoms with Gasteiger partial charge >= 0.3 is 0 Å². The molecule has 1 aliphatic heterocycles. The topological polar surface area (TPSA) is 12.0 Å². The average molecular weight is 338 g/mol. The van der Waals surface area contributed by atoms with E-state index >= 15 is 0 Å². The van der Waals surface area contributed by atoms with Gasteiger partial charge in [-0.25, -0.2) is 0 Å². The van der Waals surface area contributed by atoms with Gasteiger partial charge in [0.05, 0.1) is 0 Å². The summed E-state index contributed by atoms with van der Waals surface area (Å²) in [5.74, 6) is 1.14. The minimum Gasteiger partial charge on any atom is -0.303 e. The highest BCUT2D eigenvalue weighted by atomic mass is 35.5. The Morgan fingerprint density at radius 2 is 1.81 bits per heavy atom. The summed E-state index contributed by atoms with van der Waals surface area (Å²) in [5.41, 5.74) is 2.57. The molecule has 2 aromatic rings. The molecule has 1 aliphatic rings. The Morgan fingerprint density at radius 3 is 2.57 bits per heavy atom. The Balaban J connectivity index is 1.80. The summed E-state index contributed by atoms with van der Waals surface area (Å²) >= 11 is 14.0. The SMILES string of the molecule is C[C@@H](NC1CCSc2ccc(Cl)cc21)c1ccc(Cl)cc1. The maximum Gasteiger partial charge on any atom is 0.0410 e. The second kappa shape index (κ2) is 6.62. The van der Waals surface area contributed by atoms with Gasteiger partial charge in [-0.15, -0.1) is 11.8 Å². The zero-order chi connectivity index (χ0) is 14.8. The number of hydrogen-bond acceptors (Lipinski definition) is 2. The van der Waals surface area contributed by atoms with E-state index in [-0.39, 0.29) is 6.04 Å². The molecule has 0 aromatic heterocycles. The second-order valence-electron chi connectivity index (χ2n) is 5.31. The average Bonchev–Trinajstić information content (AvgIpc) is 2.48. The molecule has 0 spiro atoms. The van der Waals surface area contributed by atoms with Gasteiger partial charge in [-0.05, 0) is 60.6 Å². The second-order valence-corrected chi connectivity index (χ2v) is 7.32. The summed E-state index contributed by atoms with van der Waals surface area (Å²) in [4.78, 5) is 1.34. The molecule has 1 N–H and O–H groups in total. The van der Waals surface area contributed by atoms with Crippen LogP contribution in [0.4, 0.5) is 0 Å². The predicted molar refractivity (Wildman–Crippen MR) is 92.5 cm³/mol. The van der Waals surface area contributed by atoms with Crippen LogP contribution >= 0.6 is 35.0 Å². The van der Waals surface area contributed by atoms with E-state index in [1.807, 2.05) is 30.0 Å². The minimum atomic E-state index is 0.280. The van der Waals surface area contributed by atoms with Crippen LogP contribution in [-0.4, -0.2) is 5.75 Å². The van der Waals surface area contributed by atoms with Gasteiger partial charge in [0.25, 0.3) is 0 Å². The lowest BCUT2D eigenvalue weighted by atomic mass is 10.0. The van der Waals surface area contributed by atoms with Gasteiger partial charge < -0.3 is 5.32 Å².